The van der Waals surface area contributed by atoms with Crippen LogP contribution >= 0.6 is 0 Å². The van der Waals surface area contributed by atoms with Crippen LogP contribution in [0.1, 0.15) is 15.9 Å². The molecule has 1 amide bonds. The summed E-state index contributed by atoms with van der Waals surface area (Å²) in [5.74, 6) is 1.20. The Hall–Kier alpha value is -3.02. The van der Waals surface area contributed by atoms with Gasteiger partial charge in [-0.3, -0.25) is 4.79 Å². The minimum atomic E-state index is -0.290. The first kappa shape index (κ1) is 16.4. The van der Waals surface area contributed by atoms with E-state index >= 15 is 0 Å². The van der Waals surface area contributed by atoms with Gasteiger partial charge in [0.15, 0.2) is 11.5 Å². The second-order valence-corrected chi connectivity index (χ2v) is 4.49. The first-order valence-electron chi connectivity index (χ1n) is 6.88. The van der Waals surface area contributed by atoms with Crippen LogP contribution in [0.5, 0.6) is 17.2 Å². The van der Waals surface area contributed by atoms with Crippen molar-refractivity contribution in [3.05, 3.63) is 53.6 Å². The Bertz CT molecular complexity index is 699. The number of nitrogens with one attached hydrogen (secondary N) is 1. The summed E-state index contributed by atoms with van der Waals surface area (Å²) in [6, 6.07) is 12.3. The normalized spacial score (nSPS) is 10.4. The predicted molar refractivity (Wildman–Crippen MR) is 87.6 cm³/mol. The van der Waals surface area contributed by atoms with Gasteiger partial charge in [-0.1, -0.05) is 18.2 Å². The molecule has 6 heteroatoms. The zero-order chi connectivity index (χ0) is 16.7. The summed E-state index contributed by atoms with van der Waals surface area (Å²) in [6.45, 7) is 0. The minimum absolute atomic E-state index is 0.290. The molecule has 0 bridgehead atoms. The number of benzene rings is 2. The molecule has 0 aliphatic rings. The third kappa shape index (κ3) is 3.79. The van der Waals surface area contributed by atoms with Crippen molar-refractivity contribution in [2.24, 2.45) is 5.10 Å². The number of carbonyl (C=O) groups excluding carboxylic acids is 1. The van der Waals surface area contributed by atoms with Gasteiger partial charge in [0.1, 0.15) is 0 Å². The standard InChI is InChI=1S/C17H18N2O4/c1-21-14-10-9-13(15(22-2)16(14)23-3)11-18-19-17(20)12-7-5-4-6-8-12/h4-11H,1-3H3,(H,19,20)/b18-11+. The SMILES string of the molecule is COc1ccc(/C=N/NC(=O)c2ccccc2)c(OC)c1OC. The number of hydrogen-bond donors (Lipinski definition) is 1. The van der Waals surface area contributed by atoms with Crippen molar-refractivity contribution in [1.82, 2.24) is 5.43 Å². The summed E-state index contributed by atoms with van der Waals surface area (Å²) in [4.78, 5) is 11.9. The van der Waals surface area contributed by atoms with Gasteiger partial charge in [0.25, 0.3) is 5.91 Å². The van der Waals surface area contributed by atoms with Crippen LogP contribution in [-0.4, -0.2) is 33.5 Å². The van der Waals surface area contributed by atoms with Gasteiger partial charge < -0.3 is 14.2 Å². The van der Waals surface area contributed by atoms with Crippen LogP contribution in [0.2, 0.25) is 0 Å². The van der Waals surface area contributed by atoms with Crippen molar-refractivity contribution in [3.63, 3.8) is 0 Å². The van der Waals surface area contributed by atoms with Gasteiger partial charge in [0, 0.05) is 11.1 Å². The van der Waals surface area contributed by atoms with E-state index in [0.29, 0.717) is 28.4 Å². The summed E-state index contributed by atoms with van der Waals surface area (Å²) in [6.07, 6.45) is 1.49. The van der Waals surface area contributed by atoms with Crippen molar-refractivity contribution < 1.29 is 19.0 Å². The van der Waals surface area contributed by atoms with Crippen molar-refractivity contribution in [2.75, 3.05) is 21.3 Å². The summed E-state index contributed by atoms with van der Waals surface area (Å²) < 4.78 is 15.9. The van der Waals surface area contributed by atoms with E-state index in [9.17, 15) is 4.79 Å². The van der Waals surface area contributed by atoms with Crippen LogP contribution < -0.4 is 19.6 Å². The fourth-order valence-electron chi connectivity index (χ4n) is 2.04. The van der Waals surface area contributed by atoms with Gasteiger partial charge in [-0.25, -0.2) is 5.43 Å². The molecule has 0 aliphatic heterocycles. The number of hydrazone groups is 1. The van der Waals surface area contributed by atoms with E-state index in [0.717, 1.165) is 0 Å². The third-order valence-corrected chi connectivity index (χ3v) is 3.14. The smallest absolute Gasteiger partial charge is 0.271 e. The molecule has 0 fully saturated rings. The maximum absolute atomic E-state index is 11.9. The zero-order valence-corrected chi connectivity index (χ0v) is 13.2. The average Bonchev–Trinajstić information content (AvgIpc) is 2.61. The van der Waals surface area contributed by atoms with E-state index in [-0.39, 0.29) is 5.91 Å². The monoisotopic (exact) mass is 314 g/mol. The molecular weight excluding hydrogens is 296 g/mol. The van der Waals surface area contributed by atoms with Crippen molar-refractivity contribution in [2.45, 2.75) is 0 Å². The van der Waals surface area contributed by atoms with Crippen LogP contribution in [0.3, 0.4) is 0 Å². The highest BCUT2D eigenvalue weighted by Gasteiger charge is 2.14. The molecule has 0 saturated carbocycles. The Labute approximate surface area is 134 Å². The van der Waals surface area contributed by atoms with Crippen LogP contribution in [0, 0.1) is 0 Å². The second kappa shape index (κ2) is 7.84. The second-order valence-electron chi connectivity index (χ2n) is 4.49. The lowest BCUT2D eigenvalue weighted by Crippen LogP contribution is -2.17. The van der Waals surface area contributed by atoms with E-state index in [2.05, 4.69) is 10.5 Å². The van der Waals surface area contributed by atoms with Crippen molar-refractivity contribution in [3.8, 4) is 17.2 Å². The summed E-state index contributed by atoms with van der Waals surface area (Å²) in [5, 5.41) is 3.96. The lowest BCUT2D eigenvalue weighted by molar-refractivity contribution is 0.0955. The highest BCUT2D eigenvalue weighted by molar-refractivity contribution is 5.95. The number of methoxy groups -OCH3 is 3. The highest BCUT2D eigenvalue weighted by atomic mass is 16.5. The Morgan fingerprint density at radius 1 is 0.957 bits per heavy atom. The van der Waals surface area contributed by atoms with Gasteiger partial charge in [0.05, 0.1) is 27.5 Å². The fraction of sp³-hybridized carbons (Fsp3) is 0.176. The highest BCUT2D eigenvalue weighted by Crippen LogP contribution is 2.38. The van der Waals surface area contributed by atoms with Gasteiger partial charge in [-0.2, -0.15) is 5.10 Å². The molecule has 23 heavy (non-hydrogen) atoms. The number of amides is 1. The summed E-state index contributed by atoms with van der Waals surface area (Å²) in [7, 11) is 4.60. The maximum atomic E-state index is 11.9. The first-order chi connectivity index (χ1) is 11.2. The molecule has 0 aromatic heterocycles. The van der Waals surface area contributed by atoms with Gasteiger partial charge >= 0.3 is 0 Å². The molecular formula is C17H18N2O4. The molecule has 0 heterocycles. The van der Waals surface area contributed by atoms with E-state index in [1.54, 1.807) is 43.5 Å². The fourth-order valence-corrected chi connectivity index (χ4v) is 2.04. The topological polar surface area (TPSA) is 69.2 Å². The van der Waals surface area contributed by atoms with E-state index in [4.69, 9.17) is 14.2 Å². The molecule has 2 aromatic carbocycles. The molecule has 0 atom stereocenters. The zero-order valence-electron chi connectivity index (χ0n) is 13.2. The molecule has 0 unspecified atom stereocenters. The lowest BCUT2D eigenvalue weighted by atomic mass is 10.2. The first-order valence-corrected chi connectivity index (χ1v) is 6.88. The molecule has 0 aliphatic carbocycles. The molecule has 0 saturated heterocycles. The van der Waals surface area contributed by atoms with Crippen molar-refractivity contribution in [1.29, 1.82) is 0 Å². The van der Waals surface area contributed by atoms with E-state index < -0.39 is 0 Å². The number of rotatable bonds is 6. The molecule has 2 aromatic rings. The molecule has 120 valence electrons. The molecule has 6 nitrogen and oxygen atoms in total. The number of carbonyl (C=O) groups is 1. The lowest BCUT2D eigenvalue weighted by Gasteiger charge is -2.13. The maximum Gasteiger partial charge on any atom is 0.271 e. The van der Waals surface area contributed by atoms with Crippen LogP contribution in [0.15, 0.2) is 47.6 Å². The summed E-state index contributed by atoms with van der Waals surface area (Å²) in [5.41, 5.74) is 3.65. The molecule has 0 spiro atoms. The average molecular weight is 314 g/mol. The molecule has 1 N–H and O–H groups in total. The Kier molecular flexibility index (Phi) is 5.57. The van der Waals surface area contributed by atoms with Gasteiger partial charge in [-0.15, -0.1) is 0 Å². The quantitative estimate of drug-likeness (QED) is 0.657. The van der Waals surface area contributed by atoms with Gasteiger partial charge in [0.2, 0.25) is 5.75 Å². The van der Waals surface area contributed by atoms with Gasteiger partial charge in [-0.05, 0) is 24.3 Å². The van der Waals surface area contributed by atoms with E-state index in [1.165, 1.54) is 20.4 Å². The van der Waals surface area contributed by atoms with Crippen LogP contribution in [0.4, 0.5) is 0 Å². The molecule has 0 radical (unpaired) electrons. The van der Waals surface area contributed by atoms with E-state index in [1.807, 2.05) is 6.07 Å². The molecule has 2 rings (SSSR count). The minimum Gasteiger partial charge on any atom is -0.493 e. The number of ether oxygens (including phenoxy) is 3. The number of nitrogens with zero attached hydrogens (tertiary/aromatic N) is 1. The predicted octanol–water partition coefficient (Wildman–Crippen LogP) is 2.48. The Balaban J connectivity index is 2.18. The van der Waals surface area contributed by atoms with Crippen LogP contribution in [0.25, 0.3) is 0 Å². The largest absolute Gasteiger partial charge is 0.493 e. The Morgan fingerprint density at radius 2 is 1.65 bits per heavy atom. The van der Waals surface area contributed by atoms with Crippen molar-refractivity contribution >= 4 is 12.1 Å². The number of hydrogen-bond acceptors (Lipinski definition) is 5. The third-order valence-electron chi connectivity index (χ3n) is 3.14. The Morgan fingerprint density at radius 3 is 2.26 bits per heavy atom. The summed E-state index contributed by atoms with van der Waals surface area (Å²) >= 11 is 0. The van der Waals surface area contributed by atoms with Crippen LogP contribution in [-0.2, 0) is 0 Å².